The third-order valence-corrected chi connectivity index (χ3v) is 3.93. The van der Waals surface area contributed by atoms with Crippen molar-refractivity contribution in [1.82, 2.24) is 0 Å². The third-order valence-electron chi connectivity index (χ3n) is 3.93. The van der Waals surface area contributed by atoms with Gasteiger partial charge in [0.05, 0.1) is 0 Å². The predicted molar refractivity (Wildman–Crippen MR) is 62.1 cm³/mol. The molecule has 0 unspecified atom stereocenters. The Hall–Kier alpha value is -0.520. The molecule has 2 aliphatic carbocycles. The van der Waals surface area contributed by atoms with Crippen molar-refractivity contribution in [3.63, 3.8) is 0 Å². The monoisotopic (exact) mass is 190 g/mol. The molecule has 78 valence electrons. The lowest BCUT2D eigenvalue weighted by molar-refractivity contribution is 0.257. The van der Waals surface area contributed by atoms with Crippen molar-refractivity contribution in [2.45, 2.75) is 46.0 Å². The minimum Gasteiger partial charge on any atom is -0.0811 e. The van der Waals surface area contributed by atoms with Crippen LogP contribution in [0.25, 0.3) is 0 Å². The van der Waals surface area contributed by atoms with Crippen molar-refractivity contribution in [2.75, 3.05) is 0 Å². The van der Waals surface area contributed by atoms with Gasteiger partial charge in [0.25, 0.3) is 0 Å². The summed E-state index contributed by atoms with van der Waals surface area (Å²) in [5, 5.41) is 0. The Kier molecular flexibility index (Phi) is 3.10. The molecule has 2 aliphatic rings. The zero-order valence-electron chi connectivity index (χ0n) is 9.50. The van der Waals surface area contributed by atoms with Crippen molar-refractivity contribution in [3.8, 4) is 0 Å². The van der Waals surface area contributed by atoms with E-state index in [9.17, 15) is 0 Å². The first-order chi connectivity index (χ1) is 6.83. The van der Waals surface area contributed by atoms with E-state index in [4.69, 9.17) is 0 Å². The summed E-state index contributed by atoms with van der Waals surface area (Å²) in [6, 6.07) is 0. The molecular weight excluding hydrogens is 168 g/mol. The minimum atomic E-state index is 0.801. The third kappa shape index (κ3) is 1.80. The lowest BCUT2D eigenvalue weighted by Gasteiger charge is -2.37. The molecule has 0 fully saturated rings. The van der Waals surface area contributed by atoms with Crippen molar-refractivity contribution in [1.29, 1.82) is 0 Å². The molecule has 0 aromatic rings. The van der Waals surface area contributed by atoms with Crippen LogP contribution >= 0.6 is 0 Å². The molecule has 0 nitrogen and oxygen atoms in total. The Bertz CT molecular complexity index is 247. The van der Waals surface area contributed by atoms with Gasteiger partial charge in [-0.25, -0.2) is 0 Å². The van der Waals surface area contributed by atoms with Gasteiger partial charge in [-0.2, -0.15) is 0 Å². The predicted octanol–water partition coefficient (Wildman–Crippen LogP) is 4.34. The van der Waals surface area contributed by atoms with E-state index in [-0.39, 0.29) is 0 Å². The maximum atomic E-state index is 2.47. The van der Waals surface area contributed by atoms with Crippen molar-refractivity contribution >= 4 is 0 Å². The highest BCUT2D eigenvalue weighted by Gasteiger charge is 2.30. The molecule has 0 heterocycles. The molecule has 0 aliphatic heterocycles. The first-order valence-corrected chi connectivity index (χ1v) is 6.21. The van der Waals surface area contributed by atoms with Crippen LogP contribution in [0.3, 0.4) is 0 Å². The van der Waals surface area contributed by atoms with Gasteiger partial charge in [0.1, 0.15) is 0 Å². The zero-order chi connectivity index (χ0) is 9.97. The van der Waals surface area contributed by atoms with Crippen LogP contribution in [-0.4, -0.2) is 0 Å². The van der Waals surface area contributed by atoms with Crippen molar-refractivity contribution < 1.29 is 0 Å². The molecule has 2 rings (SSSR count). The summed E-state index contributed by atoms with van der Waals surface area (Å²) in [6.45, 7) is 4.71. The molecule has 0 N–H and O–H groups in total. The first kappa shape index (κ1) is 10.0. The second kappa shape index (κ2) is 4.33. The smallest absolute Gasteiger partial charge is 0.0131 e. The lowest BCUT2D eigenvalue weighted by Crippen LogP contribution is -2.26. The van der Waals surface area contributed by atoms with Crippen LogP contribution in [0.1, 0.15) is 46.0 Å². The molecule has 0 bridgehead atoms. The van der Waals surface area contributed by atoms with Gasteiger partial charge in [-0.15, -0.1) is 0 Å². The highest BCUT2D eigenvalue weighted by molar-refractivity contribution is 5.28. The topological polar surface area (TPSA) is 0 Å². The second-order valence-corrected chi connectivity index (χ2v) is 4.91. The van der Waals surface area contributed by atoms with Crippen LogP contribution in [-0.2, 0) is 0 Å². The zero-order valence-corrected chi connectivity index (χ0v) is 9.50. The Labute approximate surface area is 88.1 Å². The molecule has 0 saturated carbocycles. The average Bonchev–Trinajstić information content (AvgIpc) is 2.23. The number of allylic oxidation sites excluding steroid dienone is 4. The van der Waals surface area contributed by atoms with E-state index in [0.717, 1.165) is 17.8 Å². The fourth-order valence-corrected chi connectivity index (χ4v) is 3.15. The molecule has 0 radical (unpaired) electrons. The number of hydrogen-bond acceptors (Lipinski definition) is 0. The Morgan fingerprint density at radius 2 is 2.29 bits per heavy atom. The summed E-state index contributed by atoms with van der Waals surface area (Å²) in [4.78, 5) is 0. The van der Waals surface area contributed by atoms with Crippen molar-refractivity contribution in [2.24, 2.45) is 17.8 Å². The average molecular weight is 190 g/mol. The first-order valence-electron chi connectivity index (χ1n) is 6.21. The fraction of sp³-hybridized carbons (Fsp3) is 0.714. The molecular formula is C14H22. The van der Waals surface area contributed by atoms with Gasteiger partial charge in [-0.3, -0.25) is 0 Å². The van der Waals surface area contributed by atoms with Crippen LogP contribution in [0.4, 0.5) is 0 Å². The minimum absolute atomic E-state index is 0.801. The molecule has 14 heavy (non-hydrogen) atoms. The van der Waals surface area contributed by atoms with E-state index in [1.54, 1.807) is 5.57 Å². The van der Waals surface area contributed by atoms with Gasteiger partial charge >= 0.3 is 0 Å². The number of hydrogen-bond donors (Lipinski definition) is 0. The standard InChI is InChI=1S/C14H22/c1-3-6-13-11(2)9-10-12-7-4-5-8-14(12)13/h7,9-11,13-14H,3-6,8H2,1-2H3/t11-,13-,14-/m0/s1. The molecule has 0 saturated heterocycles. The van der Waals surface area contributed by atoms with Crippen LogP contribution in [0.5, 0.6) is 0 Å². The highest BCUT2D eigenvalue weighted by Crippen LogP contribution is 2.41. The quantitative estimate of drug-likeness (QED) is 0.608. The summed E-state index contributed by atoms with van der Waals surface area (Å²) in [7, 11) is 0. The Morgan fingerprint density at radius 1 is 1.43 bits per heavy atom. The van der Waals surface area contributed by atoms with Crippen LogP contribution in [0, 0.1) is 17.8 Å². The van der Waals surface area contributed by atoms with Gasteiger partial charge in [-0.1, -0.05) is 38.5 Å². The lowest BCUT2D eigenvalue weighted by atomic mass is 9.68. The van der Waals surface area contributed by atoms with E-state index in [0.29, 0.717) is 0 Å². The van der Waals surface area contributed by atoms with E-state index >= 15 is 0 Å². The molecule has 0 aromatic carbocycles. The Balaban J connectivity index is 2.19. The van der Waals surface area contributed by atoms with E-state index < -0.39 is 0 Å². The molecule has 3 atom stereocenters. The summed E-state index contributed by atoms with van der Waals surface area (Å²) >= 11 is 0. The molecule has 0 spiro atoms. The van der Waals surface area contributed by atoms with Crippen LogP contribution in [0.15, 0.2) is 23.8 Å². The molecule has 0 heteroatoms. The van der Waals surface area contributed by atoms with Gasteiger partial charge in [0.2, 0.25) is 0 Å². The van der Waals surface area contributed by atoms with Gasteiger partial charge in [0, 0.05) is 0 Å². The van der Waals surface area contributed by atoms with Crippen LogP contribution < -0.4 is 0 Å². The summed E-state index contributed by atoms with van der Waals surface area (Å²) < 4.78 is 0. The number of fused-ring (bicyclic) bond motifs is 1. The van der Waals surface area contributed by atoms with E-state index in [1.807, 2.05) is 0 Å². The largest absolute Gasteiger partial charge is 0.0811 e. The highest BCUT2D eigenvalue weighted by atomic mass is 14.4. The summed E-state index contributed by atoms with van der Waals surface area (Å²) in [5.74, 6) is 2.62. The second-order valence-electron chi connectivity index (χ2n) is 4.91. The maximum Gasteiger partial charge on any atom is -0.0131 e. The van der Waals surface area contributed by atoms with E-state index in [1.165, 1.54) is 32.1 Å². The Morgan fingerprint density at radius 3 is 3.07 bits per heavy atom. The van der Waals surface area contributed by atoms with Gasteiger partial charge in [-0.05, 0) is 49.0 Å². The van der Waals surface area contributed by atoms with Crippen LogP contribution in [0.2, 0.25) is 0 Å². The molecule has 0 aromatic heterocycles. The van der Waals surface area contributed by atoms with Crippen molar-refractivity contribution in [3.05, 3.63) is 23.8 Å². The SMILES string of the molecule is CCC[C@H]1[C@@H](C)C=CC2=CCCC[C@@H]21. The molecule has 0 amide bonds. The number of rotatable bonds is 2. The maximum absolute atomic E-state index is 2.47. The summed E-state index contributed by atoms with van der Waals surface area (Å²) in [5.41, 5.74) is 1.65. The van der Waals surface area contributed by atoms with Gasteiger partial charge < -0.3 is 0 Å². The summed E-state index contributed by atoms with van der Waals surface area (Å²) in [6.07, 6.45) is 14.2. The fourth-order valence-electron chi connectivity index (χ4n) is 3.15. The van der Waals surface area contributed by atoms with E-state index in [2.05, 4.69) is 32.1 Å². The van der Waals surface area contributed by atoms with Gasteiger partial charge in [0.15, 0.2) is 0 Å². The normalized spacial score (nSPS) is 36.4.